The molecule has 8 N–H and O–H groups in total. The SMILES string of the molecule is CNCCCCCC(=O)NCCCCCC(=O)NCCCCCC(=O)NCCCCCC(=O)N(C)CCCCSC1OC(CO)C(C)(O)C(C)(O)C1(C)O. The molecule has 4 amide bonds. The van der Waals surface area contributed by atoms with Crippen molar-refractivity contribution < 1.29 is 44.3 Å². The molecule has 5 unspecified atom stereocenters. The van der Waals surface area contributed by atoms with Gasteiger partial charge >= 0.3 is 0 Å². The van der Waals surface area contributed by atoms with Crippen LogP contribution in [0.2, 0.25) is 0 Å². The van der Waals surface area contributed by atoms with Crippen LogP contribution in [-0.4, -0.2) is 136 Å². The van der Waals surface area contributed by atoms with Gasteiger partial charge in [0.25, 0.3) is 0 Å². The number of hydrogen-bond donors (Lipinski definition) is 8. The van der Waals surface area contributed by atoms with Crippen molar-refractivity contribution in [2.24, 2.45) is 0 Å². The Morgan fingerprint density at radius 1 is 0.630 bits per heavy atom. The number of hydrogen-bond acceptors (Lipinski definition) is 11. The molecule has 1 fully saturated rings. The highest BCUT2D eigenvalue weighted by atomic mass is 32.2. The van der Waals surface area contributed by atoms with Gasteiger partial charge in [-0.2, -0.15) is 0 Å². The molecule has 1 rings (SSSR count). The minimum Gasteiger partial charge on any atom is -0.394 e. The Morgan fingerprint density at radius 3 is 1.52 bits per heavy atom. The summed E-state index contributed by atoms with van der Waals surface area (Å²) in [4.78, 5) is 50.3. The van der Waals surface area contributed by atoms with Gasteiger partial charge in [-0.05, 0) is 104 Å². The Morgan fingerprint density at radius 2 is 1.07 bits per heavy atom. The van der Waals surface area contributed by atoms with Gasteiger partial charge in [-0.1, -0.05) is 25.7 Å². The number of carbonyl (C=O) groups is 4. The molecular formula is C39H75N5O9S. The van der Waals surface area contributed by atoms with Crippen LogP contribution in [0.3, 0.4) is 0 Å². The minimum atomic E-state index is -1.90. The molecule has 1 aliphatic heterocycles. The molecule has 0 saturated carbocycles. The van der Waals surface area contributed by atoms with Crippen LogP contribution in [-0.2, 0) is 23.9 Å². The minimum absolute atomic E-state index is 0.0258. The van der Waals surface area contributed by atoms with Gasteiger partial charge in [-0.15, -0.1) is 11.8 Å². The van der Waals surface area contributed by atoms with E-state index in [2.05, 4.69) is 21.3 Å². The van der Waals surface area contributed by atoms with E-state index in [9.17, 15) is 39.6 Å². The zero-order valence-electron chi connectivity index (χ0n) is 34.0. The summed E-state index contributed by atoms with van der Waals surface area (Å²) in [5.41, 5.74) is -6.32. The summed E-state index contributed by atoms with van der Waals surface area (Å²) in [6.45, 7) is 7.07. The Balaban J connectivity index is 1.98. The maximum Gasteiger partial charge on any atom is 0.222 e. The Hall–Kier alpha value is -2.01. The molecule has 54 heavy (non-hydrogen) atoms. The second kappa shape index (κ2) is 27.6. The molecule has 0 bridgehead atoms. The molecule has 1 saturated heterocycles. The molecule has 15 heteroatoms. The zero-order valence-corrected chi connectivity index (χ0v) is 34.8. The van der Waals surface area contributed by atoms with E-state index in [1.807, 2.05) is 7.05 Å². The van der Waals surface area contributed by atoms with Crippen molar-refractivity contribution in [2.75, 3.05) is 59.2 Å². The fourth-order valence-corrected chi connectivity index (χ4v) is 7.67. The third-order valence-corrected chi connectivity index (χ3v) is 12.0. The van der Waals surface area contributed by atoms with Gasteiger partial charge in [0.15, 0.2) is 0 Å². The van der Waals surface area contributed by atoms with Crippen molar-refractivity contribution in [3.8, 4) is 0 Å². The fraction of sp³-hybridized carbons (Fsp3) is 0.897. The molecule has 1 aliphatic rings. The third kappa shape index (κ3) is 18.8. The summed E-state index contributed by atoms with van der Waals surface area (Å²) in [6.07, 6.45) is 13.0. The molecule has 0 aromatic carbocycles. The maximum atomic E-state index is 12.5. The van der Waals surface area contributed by atoms with Gasteiger partial charge in [0.2, 0.25) is 23.6 Å². The van der Waals surface area contributed by atoms with E-state index >= 15 is 0 Å². The largest absolute Gasteiger partial charge is 0.394 e. The van der Waals surface area contributed by atoms with E-state index in [1.165, 1.54) is 32.5 Å². The van der Waals surface area contributed by atoms with Crippen molar-refractivity contribution in [3.05, 3.63) is 0 Å². The predicted octanol–water partition coefficient (Wildman–Crippen LogP) is 2.74. The van der Waals surface area contributed by atoms with Crippen LogP contribution in [0.5, 0.6) is 0 Å². The number of unbranched alkanes of at least 4 members (excludes halogenated alkanes) is 9. The van der Waals surface area contributed by atoms with Crippen LogP contribution in [0.1, 0.15) is 136 Å². The van der Waals surface area contributed by atoms with Gasteiger partial charge in [-0.25, -0.2) is 0 Å². The first-order valence-corrected chi connectivity index (χ1v) is 21.4. The van der Waals surface area contributed by atoms with Crippen LogP contribution in [0, 0.1) is 0 Å². The summed E-state index contributed by atoms with van der Waals surface area (Å²) in [5.74, 6) is 0.861. The van der Waals surface area contributed by atoms with E-state index in [4.69, 9.17) is 4.74 Å². The first-order chi connectivity index (χ1) is 25.6. The Labute approximate surface area is 329 Å². The molecule has 0 radical (unpaired) electrons. The molecule has 0 spiro atoms. The molecule has 0 aliphatic carbocycles. The predicted molar refractivity (Wildman–Crippen MR) is 214 cm³/mol. The molecule has 316 valence electrons. The van der Waals surface area contributed by atoms with Crippen molar-refractivity contribution in [1.82, 2.24) is 26.2 Å². The Kier molecular flexibility index (Phi) is 25.5. The summed E-state index contributed by atoms with van der Waals surface area (Å²) in [6, 6.07) is 0. The summed E-state index contributed by atoms with van der Waals surface area (Å²) < 4.78 is 5.77. The highest BCUT2D eigenvalue weighted by molar-refractivity contribution is 7.99. The van der Waals surface area contributed by atoms with Gasteiger partial charge in [0.05, 0.1) is 6.61 Å². The molecule has 0 aromatic rings. The number of aliphatic hydroxyl groups is 4. The van der Waals surface area contributed by atoms with Gasteiger partial charge in [0, 0.05) is 58.9 Å². The number of rotatable bonds is 31. The van der Waals surface area contributed by atoms with Crippen LogP contribution in [0.4, 0.5) is 0 Å². The standard InChI is InChI=1S/C39H75N5O9S/c1-37(50)31(30-45)53-36(38(2,51)39(37,3)52)54-29-19-18-28-44(5)35(49)23-13-9-17-27-43-34(48)22-12-8-16-26-42-33(47)21-11-7-15-25-41-32(46)20-10-6-14-24-40-4/h31,36,40,45,50-52H,6-30H2,1-5H3,(H,41,46)(H,42,47)(H,43,48). The lowest BCUT2D eigenvalue weighted by molar-refractivity contribution is -0.326. The number of carbonyl (C=O) groups excluding carboxylic acids is 4. The highest BCUT2D eigenvalue weighted by Crippen LogP contribution is 2.47. The van der Waals surface area contributed by atoms with Gasteiger partial charge in [0.1, 0.15) is 28.3 Å². The first-order valence-electron chi connectivity index (χ1n) is 20.4. The maximum absolute atomic E-state index is 12.5. The highest BCUT2D eigenvalue weighted by Gasteiger charge is 2.65. The number of nitrogens with one attached hydrogen (secondary N) is 4. The number of nitrogens with zero attached hydrogens (tertiary/aromatic N) is 1. The van der Waals surface area contributed by atoms with Crippen LogP contribution in [0.25, 0.3) is 0 Å². The van der Waals surface area contributed by atoms with Crippen LogP contribution >= 0.6 is 11.8 Å². The second-order valence-corrected chi connectivity index (χ2v) is 16.5. The molecule has 14 nitrogen and oxygen atoms in total. The van der Waals surface area contributed by atoms with E-state index in [0.717, 1.165) is 96.4 Å². The first kappa shape index (κ1) is 50.0. The van der Waals surface area contributed by atoms with Crippen LogP contribution < -0.4 is 21.3 Å². The smallest absolute Gasteiger partial charge is 0.222 e. The summed E-state index contributed by atoms with van der Waals surface area (Å²) >= 11 is 1.31. The van der Waals surface area contributed by atoms with Crippen LogP contribution in [0.15, 0.2) is 0 Å². The lowest BCUT2D eigenvalue weighted by Gasteiger charge is -2.57. The monoisotopic (exact) mass is 790 g/mol. The zero-order chi connectivity index (χ0) is 40.5. The van der Waals surface area contributed by atoms with E-state index in [0.29, 0.717) is 57.6 Å². The van der Waals surface area contributed by atoms with E-state index in [1.54, 1.807) is 11.9 Å². The second-order valence-electron chi connectivity index (χ2n) is 15.3. The van der Waals surface area contributed by atoms with Crippen molar-refractivity contribution in [1.29, 1.82) is 0 Å². The molecule has 5 atom stereocenters. The van der Waals surface area contributed by atoms with Crippen molar-refractivity contribution >= 4 is 35.4 Å². The lowest BCUT2D eigenvalue weighted by Crippen LogP contribution is -2.76. The summed E-state index contributed by atoms with van der Waals surface area (Å²) in [7, 11) is 3.72. The summed E-state index contributed by atoms with van der Waals surface area (Å²) in [5, 5.41) is 54.3. The average molecular weight is 790 g/mol. The van der Waals surface area contributed by atoms with E-state index < -0.39 is 34.9 Å². The fourth-order valence-electron chi connectivity index (χ4n) is 6.31. The van der Waals surface area contributed by atoms with Crippen molar-refractivity contribution in [3.63, 3.8) is 0 Å². The topological polar surface area (TPSA) is 210 Å². The number of amides is 4. The van der Waals surface area contributed by atoms with Gasteiger partial charge < -0.3 is 51.3 Å². The lowest BCUT2D eigenvalue weighted by atomic mass is 9.69. The molecule has 0 aromatic heterocycles. The number of aliphatic hydroxyl groups excluding tert-OH is 1. The normalized spacial score (nSPS) is 23.9. The van der Waals surface area contributed by atoms with Gasteiger partial charge in [-0.3, -0.25) is 19.2 Å². The third-order valence-electron chi connectivity index (χ3n) is 10.6. The quantitative estimate of drug-likeness (QED) is 0.0479. The number of ether oxygens (including phenoxy) is 1. The van der Waals surface area contributed by atoms with E-state index in [-0.39, 0.29) is 23.6 Å². The molecular weight excluding hydrogens is 715 g/mol. The Bertz CT molecular complexity index is 1080. The molecule has 1 heterocycles. The number of thioether (sulfide) groups is 1. The van der Waals surface area contributed by atoms with Crippen molar-refractivity contribution in [2.45, 2.75) is 165 Å². The average Bonchev–Trinajstić information content (AvgIpc) is 3.12.